The second-order valence-electron chi connectivity index (χ2n) is 9.09. The Morgan fingerprint density at radius 3 is 1.98 bits per heavy atom. The smallest absolute Gasteiger partial charge is 0.475 e. The number of pyridine rings is 1. The summed E-state index contributed by atoms with van der Waals surface area (Å²) in [6.45, 7) is 2.94. The predicted molar refractivity (Wildman–Crippen MR) is 122 cm³/mol. The van der Waals surface area contributed by atoms with E-state index in [2.05, 4.69) is 20.3 Å². The molecule has 228 valence electrons. The molecule has 0 radical (unpaired) electrons. The summed E-state index contributed by atoms with van der Waals surface area (Å²) in [5.41, 5.74) is 2.35. The maximum absolute atomic E-state index is 12.9. The number of carbonyl (C=O) groups is 3. The molecule has 2 aliphatic rings. The van der Waals surface area contributed by atoms with Gasteiger partial charge >= 0.3 is 24.3 Å². The van der Waals surface area contributed by atoms with Gasteiger partial charge in [-0.2, -0.15) is 31.4 Å². The first-order chi connectivity index (χ1) is 18.9. The van der Waals surface area contributed by atoms with Crippen molar-refractivity contribution in [3.8, 4) is 0 Å². The van der Waals surface area contributed by atoms with Crippen LogP contribution in [0.2, 0.25) is 0 Å². The second kappa shape index (κ2) is 13.7. The molecule has 4 rings (SSSR count). The predicted octanol–water partition coefficient (Wildman–Crippen LogP) is 3.65. The Balaban J connectivity index is 0.000000349. The van der Waals surface area contributed by atoms with Gasteiger partial charge < -0.3 is 15.5 Å². The highest BCUT2D eigenvalue weighted by Crippen LogP contribution is 2.42. The number of aliphatic carboxylic acids is 2. The van der Waals surface area contributed by atoms with Gasteiger partial charge in [-0.3, -0.25) is 19.4 Å². The average Bonchev–Trinajstić information content (AvgIpc) is 3.31. The summed E-state index contributed by atoms with van der Waals surface area (Å²) in [4.78, 5) is 36.2. The van der Waals surface area contributed by atoms with Gasteiger partial charge in [0.15, 0.2) is 0 Å². The van der Waals surface area contributed by atoms with Gasteiger partial charge in [-0.15, -0.1) is 0 Å². The van der Waals surface area contributed by atoms with Crippen LogP contribution < -0.4 is 5.32 Å². The van der Waals surface area contributed by atoms with Crippen molar-refractivity contribution in [2.45, 2.75) is 56.7 Å². The first-order valence-corrected chi connectivity index (χ1v) is 11.8. The number of fused-ring (bicyclic) bond motifs is 1. The van der Waals surface area contributed by atoms with Crippen LogP contribution in [0.15, 0.2) is 36.8 Å². The maximum atomic E-state index is 12.9. The molecule has 0 aromatic carbocycles. The summed E-state index contributed by atoms with van der Waals surface area (Å²) in [7, 11) is 0. The van der Waals surface area contributed by atoms with Crippen molar-refractivity contribution in [3.63, 3.8) is 0 Å². The highest BCUT2D eigenvalue weighted by Gasteiger charge is 2.48. The number of alkyl halides is 8. The van der Waals surface area contributed by atoms with Crippen molar-refractivity contribution in [1.82, 2.24) is 25.0 Å². The van der Waals surface area contributed by atoms with Crippen LogP contribution in [-0.2, 0) is 27.5 Å². The van der Waals surface area contributed by atoms with E-state index in [1.165, 1.54) is 5.56 Å². The molecule has 1 fully saturated rings. The van der Waals surface area contributed by atoms with Gasteiger partial charge in [0.25, 0.3) is 0 Å². The molecule has 10 nitrogen and oxygen atoms in total. The molecule has 1 aliphatic heterocycles. The first kappa shape index (κ1) is 33.4. The highest BCUT2D eigenvalue weighted by molar-refractivity contribution is 5.79. The van der Waals surface area contributed by atoms with E-state index in [1.54, 1.807) is 18.6 Å². The van der Waals surface area contributed by atoms with Gasteiger partial charge in [0.1, 0.15) is 0 Å². The van der Waals surface area contributed by atoms with Gasteiger partial charge in [-0.1, -0.05) is 0 Å². The van der Waals surface area contributed by atoms with Gasteiger partial charge in [0.2, 0.25) is 11.8 Å². The van der Waals surface area contributed by atoms with Crippen LogP contribution in [0.1, 0.15) is 36.6 Å². The molecular weight excluding hydrogens is 578 g/mol. The Morgan fingerprint density at radius 2 is 1.49 bits per heavy atom. The Kier molecular flexibility index (Phi) is 11.1. The van der Waals surface area contributed by atoms with Gasteiger partial charge in [0, 0.05) is 63.5 Å². The molecule has 2 aromatic heterocycles. The highest BCUT2D eigenvalue weighted by atomic mass is 19.4. The van der Waals surface area contributed by atoms with E-state index in [0.29, 0.717) is 6.54 Å². The van der Waals surface area contributed by atoms with E-state index in [-0.39, 0.29) is 24.8 Å². The summed E-state index contributed by atoms with van der Waals surface area (Å²) in [6.07, 6.45) is -4.72. The number of carboxylic acids is 2. The Labute approximate surface area is 226 Å². The zero-order valence-corrected chi connectivity index (χ0v) is 21.0. The molecule has 0 saturated heterocycles. The number of hydrogen-bond acceptors (Lipinski definition) is 6. The monoisotopic (exact) mass is 603 g/mol. The largest absolute Gasteiger partial charge is 0.490 e. The molecule has 1 saturated carbocycles. The minimum absolute atomic E-state index is 0.147. The molecule has 1 atom stereocenters. The molecule has 1 amide bonds. The third-order valence-corrected chi connectivity index (χ3v) is 5.83. The van der Waals surface area contributed by atoms with Crippen molar-refractivity contribution < 1.29 is 59.7 Å². The fourth-order valence-electron chi connectivity index (χ4n) is 3.90. The third kappa shape index (κ3) is 10.9. The lowest BCUT2D eigenvalue weighted by Gasteiger charge is -2.35. The molecule has 1 unspecified atom stereocenters. The zero-order valence-electron chi connectivity index (χ0n) is 21.0. The van der Waals surface area contributed by atoms with Crippen LogP contribution in [0.25, 0.3) is 0 Å². The number of carboxylic acid groups (broad SMARTS) is 2. The lowest BCUT2D eigenvalue weighted by atomic mass is 9.81. The van der Waals surface area contributed by atoms with Crippen molar-refractivity contribution in [3.05, 3.63) is 48.0 Å². The number of rotatable bonds is 6. The van der Waals surface area contributed by atoms with Crippen LogP contribution in [0.4, 0.5) is 35.1 Å². The summed E-state index contributed by atoms with van der Waals surface area (Å²) in [6, 6.07) is 6.18. The third-order valence-electron chi connectivity index (χ3n) is 5.83. The molecule has 1 aliphatic carbocycles. The number of carbonyl (C=O) groups excluding carboxylic acids is 1. The first-order valence-electron chi connectivity index (χ1n) is 11.8. The van der Waals surface area contributed by atoms with Crippen LogP contribution in [0.5, 0.6) is 0 Å². The SMILES string of the molecule is O=C(NCCC1CN(Cc2ccncc2)Cc2ccnn21)C1CC(F)(F)C1.O=C(O)C(F)(F)F.O=C(O)C(F)(F)F. The van der Waals surface area contributed by atoms with Crippen molar-refractivity contribution in [1.29, 1.82) is 0 Å². The Hall–Kier alpha value is -3.83. The van der Waals surface area contributed by atoms with Crippen molar-refractivity contribution in [2.75, 3.05) is 13.1 Å². The maximum Gasteiger partial charge on any atom is 0.490 e. The molecule has 41 heavy (non-hydrogen) atoms. The lowest BCUT2D eigenvalue weighted by Crippen LogP contribution is -2.45. The number of nitrogens with one attached hydrogen (secondary N) is 1. The number of hydrogen-bond donors (Lipinski definition) is 3. The van der Waals surface area contributed by atoms with Gasteiger partial charge in [0.05, 0.1) is 11.7 Å². The van der Waals surface area contributed by atoms with Gasteiger partial charge in [-0.05, 0) is 30.2 Å². The van der Waals surface area contributed by atoms with E-state index in [4.69, 9.17) is 19.8 Å². The summed E-state index contributed by atoms with van der Waals surface area (Å²) in [5.74, 6) is -8.98. The quantitative estimate of drug-likeness (QED) is 0.426. The standard InChI is InChI=1S/C19H23F2N5O.2C2HF3O2/c20-19(21)9-15(10-19)18(27)23-7-3-16-12-25(11-14-1-5-22-6-2-14)13-17-4-8-24-26(16)17;2*3-2(4,5)1(6)7/h1-2,4-6,8,15-16H,3,7,9-13H2,(H,23,27);2*(H,6,7). The number of nitrogens with zero attached hydrogens (tertiary/aromatic N) is 4. The fraction of sp³-hybridized carbons (Fsp3) is 0.522. The van der Waals surface area contributed by atoms with E-state index in [9.17, 15) is 39.9 Å². The van der Waals surface area contributed by atoms with E-state index < -0.39 is 36.1 Å². The van der Waals surface area contributed by atoms with Crippen molar-refractivity contribution >= 4 is 17.8 Å². The van der Waals surface area contributed by atoms with Crippen LogP contribution >= 0.6 is 0 Å². The minimum atomic E-state index is -5.08. The van der Waals surface area contributed by atoms with Crippen LogP contribution in [-0.4, -0.2) is 79.1 Å². The van der Waals surface area contributed by atoms with E-state index in [0.717, 1.165) is 31.7 Å². The molecule has 2 aromatic rings. The number of aromatic nitrogens is 3. The summed E-state index contributed by atoms with van der Waals surface area (Å²) in [5, 5.41) is 21.5. The molecule has 0 spiro atoms. The van der Waals surface area contributed by atoms with E-state index >= 15 is 0 Å². The second-order valence-corrected chi connectivity index (χ2v) is 9.09. The number of halogens is 8. The topological polar surface area (TPSA) is 138 Å². The Bertz CT molecular complexity index is 1140. The van der Waals surface area contributed by atoms with Crippen molar-refractivity contribution in [2.24, 2.45) is 5.92 Å². The summed E-state index contributed by atoms with van der Waals surface area (Å²) < 4.78 is 91.3. The fourth-order valence-corrected chi connectivity index (χ4v) is 3.90. The Morgan fingerprint density at radius 1 is 0.951 bits per heavy atom. The minimum Gasteiger partial charge on any atom is -0.475 e. The normalized spacial score (nSPS) is 18.4. The van der Waals surface area contributed by atoms with E-state index in [1.807, 2.05) is 22.9 Å². The average molecular weight is 603 g/mol. The molecule has 0 bridgehead atoms. The molecule has 18 heteroatoms. The molecular formula is C23H25F8N5O5. The molecule has 3 heterocycles. The molecule has 3 N–H and O–H groups in total. The summed E-state index contributed by atoms with van der Waals surface area (Å²) >= 11 is 0. The number of amides is 1. The lowest BCUT2D eigenvalue weighted by molar-refractivity contribution is -0.193. The van der Waals surface area contributed by atoms with Gasteiger partial charge in [-0.25, -0.2) is 18.4 Å². The van der Waals surface area contributed by atoms with Crippen LogP contribution in [0, 0.1) is 5.92 Å². The zero-order chi connectivity index (χ0) is 31.0. The van der Waals surface area contributed by atoms with Crippen LogP contribution in [0.3, 0.4) is 0 Å².